The first-order chi connectivity index (χ1) is 8.86. The van der Waals surface area contributed by atoms with Crippen LogP contribution in [0.15, 0.2) is 29.3 Å². The molecule has 19 heavy (non-hydrogen) atoms. The number of hydrogen-bond donors (Lipinski definition) is 1. The SMILES string of the molecule is O=C(O)C1=NC(Cc2cccc(C(F)(F)F)c2)CO1. The van der Waals surface area contributed by atoms with Crippen molar-refractivity contribution in [1.82, 2.24) is 0 Å². The zero-order valence-corrected chi connectivity index (χ0v) is 9.65. The molecule has 0 aromatic heterocycles. The van der Waals surface area contributed by atoms with Crippen LogP contribution in [-0.4, -0.2) is 29.6 Å². The van der Waals surface area contributed by atoms with Crippen LogP contribution in [0.25, 0.3) is 0 Å². The Morgan fingerprint density at radius 3 is 2.79 bits per heavy atom. The first kappa shape index (κ1) is 13.4. The molecule has 1 aliphatic rings. The molecule has 0 amide bonds. The van der Waals surface area contributed by atoms with Crippen LogP contribution < -0.4 is 0 Å². The molecule has 1 unspecified atom stereocenters. The summed E-state index contributed by atoms with van der Waals surface area (Å²) in [6.07, 6.45) is -4.18. The third kappa shape index (κ3) is 3.24. The lowest BCUT2D eigenvalue weighted by Gasteiger charge is -2.09. The maximum atomic E-state index is 12.5. The second-order valence-electron chi connectivity index (χ2n) is 4.11. The molecule has 102 valence electrons. The first-order valence-corrected chi connectivity index (χ1v) is 5.46. The van der Waals surface area contributed by atoms with E-state index in [4.69, 9.17) is 9.84 Å². The fourth-order valence-electron chi connectivity index (χ4n) is 1.78. The number of carbonyl (C=O) groups is 1. The molecule has 1 aromatic rings. The van der Waals surface area contributed by atoms with Crippen molar-refractivity contribution in [3.05, 3.63) is 35.4 Å². The van der Waals surface area contributed by atoms with Crippen molar-refractivity contribution in [2.24, 2.45) is 4.99 Å². The normalized spacial score (nSPS) is 18.9. The largest absolute Gasteiger partial charge is 0.474 e. The highest BCUT2D eigenvalue weighted by Gasteiger charge is 2.31. The zero-order valence-electron chi connectivity index (χ0n) is 9.65. The van der Waals surface area contributed by atoms with E-state index < -0.39 is 29.6 Å². The third-order valence-electron chi connectivity index (χ3n) is 2.62. The number of aliphatic imine (C=N–C) groups is 1. The van der Waals surface area contributed by atoms with Crippen LogP contribution in [0.2, 0.25) is 0 Å². The van der Waals surface area contributed by atoms with E-state index in [9.17, 15) is 18.0 Å². The van der Waals surface area contributed by atoms with Crippen LogP contribution in [0.4, 0.5) is 13.2 Å². The molecule has 0 spiro atoms. The summed E-state index contributed by atoms with van der Waals surface area (Å²) >= 11 is 0. The molecule has 1 atom stereocenters. The highest BCUT2D eigenvalue weighted by atomic mass is 19.4. The van der Waals surface area contributed by atoms with Gasteiger partial charge in [-0.05, 0) is 18.1 Å². The Hall–Kier alpha value is -2.05. The topological polar surface area (TPSA) is 58.9 Å². The van der Waals surface area contributed by atoms with E-state index in [0.29, 0.717) is 5.56 Å². The van der Waals surface area contributed by atoms with Crippen LogP contribution in [0.1, 0.15) is 11.1 Å². The van der Waals surface area contributed by atoms with Gasteiger partial charge in [0.2, 0.25) is 0 Å². The molecule has 0 aliphatic carbocycles. The van der Waals surface area contributed by atoms with E-state index in [-0.39, 0.29) is 13.0 Å². The van der Waals surface area contributed by atoms with E-state index in [1.807, 2.05) is 0 Å². The minimum atomic E-state index is -4.39. The van der Waals surface area contributed by atoms with Crippen molar-refractivity contribution in [3.63, 3.8) is 0 Å². The van der Waals surface area contributed by atoms with Gasteiger partial charge in [0.1, 0.15) is 6.61 Å². The lowest BCUT2D eigenvalue weighted by Crippen LogP contribution is -2.12. The van der Waals surface area contributed by atoms with Gasteiger partial charge in [-0.1, -0.05) is 18.2 Å². The number of aliphatic carboxylic acids is 1. The van der Waals surface area contributed by atoms with E-state index >= 15 is 0 Å². The molecule has 0 saturated carbocycles. The molecule has 1 N–H and O–H groups in total. The number of ether oxygens (including phenoxy) is 1. The van der Waals surface area contributed by atoms with Gasteiger partial charge in [0.15, 0.2) is 0 Å². The molecule has 0 saturated heterocycles. The summed E-state index contributed by atoms with van der Waals surface area (Å²) in [5.41, 5.74) is -0.287. The maximum Gasteiger partial charge on any atom is 0.416 e. The number of benzene rings is 1. The lowest BCUT2D eigenvalue weighted by molar-refractivity contribution is -0.137. The summed E-state index contributed by atoms with van der Waals surface area (Å²) < 4.78 is 42.4. The van der Waals surface area contributed by atoms with Crippen molar-refractivity contribution in [3.8, 4) is 0 Å². The molecular weight excluding hydrogens is 263 g/mol. The highest BCUT2D eigenvalue weighted by Crippen LogP contribution is 2.30. The van der Waals surface area contributed by atoms with Gasteiger partial charge in [0, 0.05) is 0 Å². The minimum Gasteiger partial charge on any atom is -0.474 e. The average molecular weight is 273 g/mol. The van der Waals surface area contributed by atoms with E-state index in [2.05, 4.69) is 4.99 Å². The Kier molecular flexibility index (Phi) is 3.46. The summed E-state index contributed by atoms with van der Waals surface area (Å²) in [4.78, 5) is 14.4. The summed E-state index contributed by atoms with van der Waals surface area (Å²) in [7, 11) is 0. The third-order valence-corrected chi connectivity index (χ3v) is 2.62. The van der Waals surface area contributed by atoms with E-state index in [1.54, 1.807) is 6.07 Å². The molecule has 7 heteroatoms. The van der Waals surface area contributed by atoms with Gasteiger partial charge in [-0.3, -0.25) is 0 Å². The number of rotatable bonds is 3. The number of carboxylic acid groups (broad SMARTS) is 1. The molecule has 1 aromatic carbocycles. The standard InChI is InChI=1S/C12H10F3NO3/c13-12(14,15)8-3-1-2-7(4-8)5-9-6-19-10(16-9)11(17)18/h1-4,9H,5-6H2,(H,17,18). The minimum absolute atomic E-state index is 0.0673. The summed E-state index contributed by atoms with van der Waals surface area (Å²) in [5, 5.41) is 8.64. The van der Waals surface area contributed by atoms with Gasteiger partial charge < -0.3 is 9.84 Å². The van der Waals surface area contributed by atoms with Crippen molar-refractivity contribution < 1.29 is 27.8 Å². The van der Waals surface area contributed by atoms with Crippen LogP contribution in [0, 0.1) is 0 Å². The quantitative estimate of drug-likeness (QED) is 0.917. The molecule has 1 aliphatic heterocycles. The molecule has 0 fully saturated rings. The molecule has 2 rings (SSSR count). The van der Waals surface area contributed by atoms with Crippen LogP contribution in [-0.2, 0) is 22.1 Å². The van der Waals surface area contributed by atoms with E-state index in [0.717, 1.165) is 12.1 Å². The van der Waals surface area contributed by atoms with Gasteiger partial charge in [-0.2, -0.15) is 13.2 Å². The van der Waals surface area contributed by atoms with Gasteiger partial charge in [0.25, 0.3) is 5.90 Å². The molecule has 1 heterocycles. The second kappa shape index (κ2) is 4.91. The highest BCUT2D eigenvalue weighted by molar-refractivity contribution is 6.32. The Balaban J connectivity index is 2.11. The Morgan fingerprint density at radius 1 is 1.47 bits per heavy atom. The summed E-state index contributed by atoms with van der Waals surface area (Å²) in [6, 6.07) is 4.42. The number of alkyl halides is 3. The number of carboxylic acids is 1. The Morgan fingerprint density at radius 2 is 2.21 bits per heavy atom. The maximum absolute atomic E-state index is 12.5. The Labute approximate surface area is 106 Å². The summed E-state index contributed by atoms with van der Waals surface area (Å²) in [6.45, 7) is 0.0673. The van der Waals surface area contributed by atoms with Crippen LogP contribution in [0.5, 0.6) is 0 Å². The van der Waals surface area contributed by atoms with Crippen LogP contribution in [0.3, 0.4) is 0 Å². The zero-order chi connectivity index (χ0) is 14.0. The molecular formula is C12H10F3NO3. The van der Waals surface area contributed by atoms with Crippen LogP contribution >= 0.6 is 0 Å². The lowest BCUT2D eigenvalue weighted by atomic mass is 10.0. The number of halogens is 3. The summed E-state index contributed by atoms with van der Waals surface area (Å²) in [5.74, 6) is -1.66. The number of nitrogens with zero attached hydrogens (tertiary/aromatic N) is 1. The van der Waals surface area contributed by atoms with E-state index in [1.165, 1.54) is 6.07 Å². The van der Waals surface area contributed by atoms with Crippen molar-refractivity contribution in [2.45, 2.75) is 18.6 Å². The molecule has 0 radical (unpaired) electrons. The van der Waals surface area contributed by atoms with Gasteiger partial charge in [0.05, 0.1) is 11.6 Å². The fraction of sp³-hybridized carbons (Fsp3) is 0.333. The average Bonchev–Trinajstić information content (AvgIpc) is 2.77. The van der Waals surface area contributed by atoms with Crippen molar-refractivity contribution in [1.29, 1.82) is 0 Å². The monoisotopic (exact) mass is 273 g/mol. The van der Waals surface area contributed by atoms with Crippen molar-refractivity contribution in [2.75, 3.05) is 6.61 Å². The van der Waals surface area contributed by atoms with Gasteiger partial charge in [-0.15, -0.1) is 0 Å². The smallest absolute Gasteiger partial charge is 0.416 e. The Bertz CT molecular complexity index is 525. The molecule has 4 nitrogen and oxygen atoms in total. The number of hydrogen-bond acceptors (Lipinski definition) is 3. The molecule has 0 bridgehead atoms. The van der Waals surface area contributed by atoms with Gasteiger partial charge >= 0.3 is 12.1 Å². The van der Waals surface area contributed by atoms with Gasteiger partial charge in [-0.25, -0.2) is 9.79 Å². The fourth-order valence-corrected chi connectivity index (χ4v) is 1.78. The predicted molar refractivity (Wildman–Crippen MR) is 60.0 cm³/mol. The first-order valence-electron chi connectivity index (χ1n) is 5.46. The predicted octanol–water partition coefficient (Wildman–Crippen LogP) is 2.13. The second-order valence-corrected chi connectivity index (χ2v) is 4.11. The van der Waals surface area contributed by atoms with Crippen molar-refractivity contribution >= 4 is 11.9 Å².